The van der Waals surface area contributed by atoms with Gasteiger partial charge in [0.2, 0.25) is 5.88 Å². The third-order valence-corrected chi connectivity index (χ3v) is 5.38. The predicted octanol–water partition coefficient (Wildman–Crippen LogP) is 2.98. The van der Waals surface area contributed by atoms with Gasteiger partial charge in [-0.3, -0.25) is 0 Å². The van der Waals surface area contributed by atoms with Gasteiger partial charge in [0.15, 0.2) is 0 Å². The highest BCUT2D eigenvalue weighted by molar-refractivity contribution is 5.87. The zero-order valence-electron chi connectivity index (χ0n) is 11.4. The average molecular weight is 273 g/mol. The van der Waals surface area contributed by atoms with Crippen LogP contribution in [0.3, 0.4) is 0 Å². The number of pyridine rings is 1. The van der Waals surface area contributed by atoms with Crippen molar-refractivity contribution in [2.45, 2.75) is 38.2 Å². The second-order valence-corrected chi connectivity index (χ2v) is 6.70. The van der Waals surface area contributed by atoms with Gasteiger partial charge in [0.05, 0.1) is 5.56 Å². The summed E-state index contributed by atoms with van der Waals surface area (Å²) in [6.45, 7) is 0. The number of nitrogens with zero attached hydrogens (tertiary/aromatic N) is 1. The molecule has 4 aliphatic rings. The number of carboxylic acids is 1. The Morgan fingerprint density at radius 2 is 1.75 bits per heavy atom. The van der Waals surface area contributed by atoms with Crippen LogP contribution in [0.15, 0.2) is 18.3 Å². The van der Waals surface area contributed by atoms with E-state index in [0.717, 1.165) is 11.8 Å². The molecule has 20 heavy (non-hydrogen) atoms. The first-order valence-corrected chi connectivity index (χ1v) is 7.55. The van der Waals surface area contributed by atoms with Crippen LogP contribution < -0.4 is 4.74 Å². The molecule has 0 atom stereocenters. The number of carbonyl (C=O) groups is 1. The van der Waals surface area contributed by atoms with Gasteiger partial charge in [-0.1, -0.05) is 0 Å². The molecule has 0 spiro atoms. The highest BCUT2D eigenvalue weighted by Crippen LogP contribution is 2.54. The fraction of sp³-hybridized carbons (Fsp3) is 0.625. The highest BCUT2D eigenvalue weighted by Gasteiger charge is 2.49. The molecule has 0 unspecified atom stereocenters. The van der Waals surface area contributed by atoms with Crippen molar-refractivity contribution < 1.29 is 14.6 Å². The summed E-state index contributed by atoms with van der Waals surface area (Å²) < 4.78 is 6.12. The molecule has 5 rings (SSSR count). The van der Waals surface area contributed by atoms with E-state index in [1.54, 1.807) is 12.1 Å². The van der Waals surface area contributed by atoms with Gasteiger partial charge in [-0.15, -0.1) is 0 Å². The number of hydrogen-bond acceptors (Lipinski definition) is 3. The van der Waals surface area contributed by atoms with E-state index in [1.807, 2.05) is 0 Å². The molecule has 0 aliphatic heterocycles. The summed E-state index contributed by atoms with van der Waals surface area (Å²) in [5.74, 6) is 2.87. The lowest BCUT2D eigenvalue weighted by atomic mass is 9.55. The van der Waals surface area contributed by atoms with Gasteiger partial charge in [-0.05, 0) is 61.8 Å². The van der Waals surface area contributed by atoms with Crippen LogP contribution in [0.5, 0.6) is 5.88 Å². The molecule has 4 heteroatoms. The minimum atomic E-state index is -0.946. The summed E-state index contributed by atoms with van der Waals surface area (Å²) in [4.78, 5) is 15.0. The van der Waals surface area contributed by atoms with E-state index in [4.69, 9.17) is 9.84 Å². The monoisotopic (exact) mass is 273 g/mol. The number of carboxylic acid groups (broad SMARTS) is 1. The zero-order chi connectivity index (χ0) is 13.7. The third kappa shape index (κ3) is 1.98. The SMILES string of the molecule is O=C(O)c1ccc(OC2C3CC4CC(C3)CC2C4)nc1. The van der Waals surface area contributed by atoms with Gasteiger partial charge < -0.3 is 9.84 Å². The van der Waals surface area contributed by atoms with Gasteiger partial charge in [-0.25, -0.2) is 9.78 Å². The topological polar surface area (TPSA) is 59.4 Å². The molecule has 1 heterocycles. The standard InChI is InChI=1S/C16H19NO3/c18-16(19)11-1-2-14(17-8-11)20-15-12-4-9-3-10(6-12)7-13(15)5-9/h1-2,8-10,12-13,15H,3-7H2,(H,18,19). The van der Waals surface area contributed by atoms with Crippen LogP contribution in [0.1, 0.15) is 42.5 Å². The van der Waals surface area contributed by atoms with E-state index in [-0.39, 0.29) is 5.56 Å². The molecular weight excluding hydrogens is 254 g/mol. The molecule has 4 fully saturated rings. The largest absolute Gasteiger partial charge is 0.478 e. The summed E-state index contributed by atoms with van der Waals surface area (Å²) >= 11 is 0. The third-order valence-electron chi connectivity index (χ3n) is 5.38. The first-order valence-electron chi connectivity index (χ1n) is 7.55. The maximum atomic E-state index is 10.8. The molecule has 106 valence electrons. The Morgan fingerprint density at radius 1 is 1.10 bits per heavy atom. The first-order chi connectivity index (χ1) is 9.69. The van der Waals surface area contributed by atoms with Crippen molar-refractivity contribution in [2.24, 2.45) is 23.7 Å². The Bertz CT molecular complexity index is 497. The number of hydrogen-bond donors (Lipinski definition) is 1. The smallest absolute Gasteiger partial charge is 0.337 e. The summed E-state index contributed by atoms with van der Waals surface area (Å²) in [6.07, 6.45) is 8.36. The van der Waals surface area contributed by atoms with E-state index in [9.17, 15) is 4.79 Å². The van der Waals surface area contributed by atoms with Crippen LogP contribution >= 0.6 is 0 Å². The molecule has 0 radical (unpaired) electrons. The van der Waals surface area contributed by atoms with E-state index in [1.165, 1.54) is 38.3 Å². The second kappa shape index (κ2) is 4.47. The normalized spacial score (nSPS) is 37.9. The number of aromatic carboxylic acids is 1. The molecule has 1 aromatic rings. The molecular formula is C16H19NO3. The molecule has 0 saturated heterocycles. The number of rotatable bonds is 3. The minimum Gasteiger partial charge on any atom is -0.478 e. The van der Waals surface area contributed by atoms with Crippen molar-refractivity contribution >= 4 is 5.97 Å². The molecule has 0 aromatic carbocycles. The molecule has 4 saturated carbocycles. The van der Waals surface area contributed by atoms with Crippen LogP contribution in [0.25, 0.3) is 0 Å². The Kier molecular flexibility index (Phi) is 2.72. The van der Waals surface area contributed by atoms with Crippen molar-refractivity contribution in [3.05, 3.63) is 23.9 Å². The van der Waals surface area contributed by atoms with Crippen molar-refractivity contribution in [1.82, 2.24) is 4.98 Å². The van der Waals surface area contributed by atoms with E-state index in [2.05, 4.69) is 4.98 Å². The van der Waals surface area contributed by atoms with Gasteiger partial charge in [0.25, 0.3) is 0 Å². The van der Waals surface area contributed by atoms with Crippen molar-refractivity contribution in [3.8, 4) is 5.88 Å². The molecule has 0 amide bonds. The van der Waals surface area contributed by atoms with Crippen molar-refractivity contribution in [2.75, 3.05) is 0 Å². The molecule has 4 bridgehead atoms. The maximum absolute atomic E-state index is 10.8. The van der Waals surface area contributed by atoms with Crippen molar-refractivity contribution in [1.29, 1.82) is 0 Å². The molecule has 1 aromatic heterocycles. The quantitative estimate of drug-likeness (QED) is 0.919. The van der Waals surface area contributed by atoms with Gasteiger partial charge >= 0.3 is 5.97 Å². The Balaban J connectivity index is 1.50. The van der Waals surface area contributed by atoms with Crippen molar-refractivity contribution in [3.63, 3.8) is 0 Å². The summed E-state index contributed by atoms with van der Waals surface area (Å²) in [7, 11) is 0. The lowest BCUT2D eigenvalue weighted by Gasteiger charge is -2.53. The van der Waals surface area contributed by atoms with Gasteiger partial charge in [-0.2, -0.15) is 0 Å². The van der Waals surface area contributed by atoms with Crippen LogP contribution in [0.4, 0.5) is 0 Å². The lowest BCUT2D eigenvalue weighted by molar-refractivity contribution is -0.0805. The first kappa shape index (κ1) is 12.2. The Hall–Kier alpha value is -1.58. The van der Waals surface area contributed by atoms with Crippen LogP contribution in [0, 0.1) is 23.7 Å². The maximum Gasteiger partial charge on any atom is 0.337 e. The summed E-state index contributed by atoms with van der Waals surface area (Å²) in [5.41, 5.74) is 0.211. The highest BCUT2D eigenvalue weighted by atomic mass is 16.5. The van der Waals surface area contributed by atoms with Crippen LogP contribution in [0.2, 0.25) is 0 Å². The van der Waals surface area contributed by atoms with Crippen LogP contribution in [-0.4, -0.2) is 22.2 Å². The number of aromatic nitrogens is 1. The molecule has 4 aliphatic carbocycles. The average Bonchev–Trinajstić information content (AvgIpc) is 2.42. The molecule has 4 nitrogen and oxygen atoms in total. The number of ether oxygens (including phenoxy) is 1. The van der Waals surface area contributed by atoms with E-state index >= 15 is 0 Å². The predicted molar refractivity (Wildman–Crippen MR) is 72.7 cm³/mol. The Morgan fingerprint density at radius 3 is 2.25 bits per heavy atom. The zero-order valence-corrected chi connectivity index (χ0v) is 11.4. The second-order valence-electron chi connectivity index (χ2n) is 6.70. The van der Waals surface area contributed by atoms with E-state index in [0.29, 0.717) is 23.8 Å². The summed E-state index contributed by atoms with van der Waals surface area (Å²) in [5, 5.41) is 8.88. The molecule has 1 N–H and O–H groups in total. The fourth-order valence-corrected chi connectivity index (χ4v) is 4.78. The Labute approximate surface area is 118 Å². The lowest BCUT2D eigenvalue weighted by Crippen LogP contribution is -2.50. The minimum absolute atomic E-state index is 0.211. The fourth-order valence-electron chi connectivity index (χ4n) is 4.78. The summed E-state index contributed by atoms with van der Waals surface area (Å²) in [6, 6.07) is 3.26. The van der Waals surface area contributed by atoms with E-state index < -0.39 is 5.97 Å². The van der Waals surface area contributed by atoms with Gasteiger partial charge in [0, 0.05) is 12.3 Å². The van der Waals surface area contributed by atoms with Crippen LogP contribution in [-0.2, 0) is 0 Å². The van der Waals surface area contributed by atoms with Gasteiger partial charge in [0.1, 0.15) is 6.10 Å².